The average molecular weight is 362 g/mol. The molecule has 0 unspecified atom stereocenters. The van der Waals surface area contributed by atoms with E-state index in [1.165, 1.54) is 0 Å². The number of hydrogen-bond acceptors (Lipinski definition) is 5. The fourth-order valence-electron chi connectivity index (χ4n) is 2.54. The van der Waals surface area contributed by atoms with Gasteiger partial charge in [-0.05, 0) is 48.2 Å². The molecule has 0 saturated heterocycles. The van der Waals surface area contributed by atoms with Crippen LogP contribution in [0.2, 0.25) is 0 Å². The van der Waals surface area contributed by atoms with E-state index in [1.54, 1.807) is 24.3 Å². The van der Waals surface area contributed by atoms with Gasteiger partial charge in [-0.15, -0.1) is 0 Å². The van der Waals surface area contributed by atoms with E-state index in [2.05, 4.69) is 13.8 Å². The Morgan fingerprint density at radius 1 is 0.731 bits per heavy atom. The Balaban J connectivity index is 0.000000321. The first-order valence-corrected chi connectivity index (χ1v) is 8.76. The molecule has 0 aromatic heterocycles. The van der Waals surface area contributed by atoms with Gasteiger partial charge >= 0.3 is 0 Å². The van der Waals surface area contributed by atoms with Gasteiger partial charge in [0.25, 0.3) is 0 Å². The zero-order chi connectivity index (χ0) is 19.6. The number of hydrogen-bond donors (Lipinski definition) is 5. The van der Waals surface area contributed by atoms with Crippen LogP contribution in [0.25, 0.3) is 0 Å². The molecule has 0 spiro atoms. The summed E-state index contributed by atoms with van der Waals surface area (Å²) in [6, 6.07) is 14.4. The molecule has 5 nitrogen and oxygen atoms in total. The van der Waals surface area contributed by atoms with Crippen LogP contribution < -0.4 is 0 Å². The number of aliphatic hydroxyl groups is 3. The fourth-order valence-corrected chi connectivity index (χ4v) is 2.54. The topological polar surface area (TPSA) is 101 Å². The monoisotopic (exact) mass is 362 g/mol. The van der Waals surface area contributed by atoms with Crippen LogP contribution in [0.3, 0.4) is 0 Å². The highest BCUT2D eigenvalue weighted by molar-refractivity contribution is 5.41. The minimum atomic E-state index is -0.151. The van der Waals surface area contributed by atoms with Gasteiger partial charge in [0.2, 0.25) is 0 Å². The van der Waals surface area contributed by atoms with E-state index in [-0.39, 0.29) is 42.7 Å². The van der Waals surface area contributed by atoms with Crippen molar-refractivity contribution in [2.24, 2.45) is 5.92 Å². The molecule has 0 heterocycles. The summed E-state index contributed by atoms with van der Waals surface area (Å²) in [7, 11) is 0. The molecule has 0 bridgehead atoms. The number of aromatic hydroxyl groups is 2. The van der Waals surface area contributed by atoms with Crippen molar-refractivity contribution in [2.45, 2.75) is 32.1 Å². The summed E-state index contributed by atoms with van der Waals surface area (Å²) >= 11 is 0. The molecule has 0 aliphatic heterocycles. The van der Waals surface area contributed by atoms with E-state index >= 15 is 0 Å². The SMILES string of the molecule is CC(C)(c1ccc(O)cc1)c1ccc(O)cc1.OCCCC(CO)CO. The maximum atomic E-state index is 9.30. The summed E-state index contributed by atoms with van der Waals surface area (Å²) in [5.41, 5.74) is 2.10. The van der Waals surface area contributed by atoms with Crippen molar-refractivity contribution in [3.8, 4) is 11.5 Å². The molecular formula is C21H30O5. The zero-order valence-electron chi connectivity index (χ0n) is 15.5. The quantitative estimate of drug-likeness (QED) is 0.521. The maximum Gasteiger partial charge on any atom is 0.115 e. The Hall–Kier alpha value is -2.08. The number of aliphatic hydroxyl groups excluding tert-OH is 3. The molecule has 0 radical (unpaired) electrons. The molecule has 2 rings (SSSR count). The minimum Gasteiger partial charge on any atom is -0.508 e. The molecular weight excluding hydrogens is 332 g/mol. The molecule has 5 heteroatoms. The van der Waals surface area contributed by atoms with Gasteiger partial charge < -0.3 is 25.5 Å². The third-order valence-corrected chi connectivity index (χ3v) is 4.46. The van der Waals surface area contributed by atoms with Crippen molar-refractivity contribution < 1.29 is 25.5 Å². The van der Waals surface area contributed by atoms with Gasteiger partial charge in [0.1, 0.15) is 11.5 Å². The predicted molar refractivity (Wildman–Crippen MR) is 102 cm³/mol. The zero-order valence-corrected chi connectivity index (χ0v) is 15.5. The number of benzene rings is 2. The molecule has 0 aliphatic rings. The summed E-state index contributed by atoms with van der Waals surface area (Å²) in [6.45, 7) is 4.39. The Morgan fingerprint density at radius 3 is 1.42 bits per heavy atom. The molecule has 2 aromatic carbocycles. The van der Waals surface area contributed by atoms with Gasteiger partial charge in [-0.1, -0.05) is 38.1 Å². The number of phenolic OH excluding ortho intramolecular Hbond substituents is 2. The van der Waals surface area contributed by atoms with Crippen molar-refractivity contribution in [3.63, 3.8) is 0 Å². The Bertz CT molecular complexity index is 568. The maximum absolute atomic E-state index is 9.30. The van der Waals surface area contributed by atoms with Gasteiger partial charge in [-0.3, -0.25) is 0 Å². The first kappa shape index (κ1) is 22.0. The molecule has 0 fully saturated rings. The largest absolute Gasteiger partial charge is 0.508 e. The number of rotatable bonds is 7. The van der Waals surface area contributed by atoms with Crippen LogP contribution in [0.4, 0.5) is 0 Å². The molecule has 5 N–H and O–H groups in total. The van der Waals surface area contributed by atoms with Gasteiger partial charge in [0.15, 0.2) is 0 Å². The highest BCUT2D eigenvalue weighted by Crippen LogP contribution is 2.32. The highest BCUT2D eigenvalue weighted by atomic mass is 16.3. The van der Waals surface area contributed by atoms with Crippen molar-refractivity contribution in [1.82, 2.24) is 0 Å². The van der Waals surface area contributed by atoms with Gasteiger partial charge in [0.05, 0.1) is 0 Å². The van der Waals surface area contributed by atoms with Crippen LogP contribution in [-0.4, -0.2) is 45.4 Å². The second-order valence-electron chi connectivity index (χ2n) is 6.82. The van der Waals surface area contributed by atoms with E-state index in [4.69, 9.17) is 15.3 Å². The minimum absolute atomic E-state index is 0.0104. The second kappa shape index (κ2) is 10.8. The van der Waals surface area contributed by atoms with Crippen LogP contribution in [0.15, 0.2) is 48.5 Å². The Morgan fingerprint density at radius 2 is 1.12 bits per heavy atom. The molecule has 0 amide bonds. The molecule has 2 aromatic rings. The lowest BCUT2D eigenvalue weighted by atomic mass is 9.78. The molecule has 0 aliphatic carbocycles. The lowest BCUT2D eigenvalue weighted by Crippen LogP contribution is -2.18. The third kappa shape index (κ3) is 6.67. The predicted octanol–water partition coefficient (Wildman–Crippen LogP) is 2.78. The summed E-state index contributed by atoms with van der Waals surface area (Å²) < 4.78 is 0. The van der Waals surface area contributed by atoms with Crippen molar-refractivity contribution in [1.29, 1.82) is 0 Å². The first-order valence-electron chi connectivity index (χ1n) is 8.76. The van der Waals surface area contributed by atoms with Gasteiger partial charge in [-0.2, -0.15) is 0 Å². The first-order chi connectivity index (χ1) is 12.3. The van der Waals surface area contributed by atoms with Gasteiger partial charge in [0, 0.05) is 31.2 Å². The second-order valence-corrected chi connectivity index (χ2v) is 6.82. The van der Waals surface area contributed by atoms with Crippen LogP contribution in [0.1, 0.15) is 37.8 Å². The summed E-state index contributed by atoms with van der Waals surface area (Å²) in [5, 5.41) is 44.0. The van der Waals surface area contributed by atoms with Crippen LogP contribution >= 0.6 is 0 Å². The third-order valence-electron chi connectivity index (χ3n) is 4.46. The molecule has 0 saturated carbocycles. The van der Waals surface area contributed by atoms with Crippen molar-refractivity contribution in [3.05, 3.63) is 59.7 Å². The van der Waals surface area contributed by atoms with E-state index < -0.39 is 0 Å². The molecule has 144 valence electrons. The average Bonchev–Trinajstić information content (AvgIpc) is 2.64. The van der Waals surface area contributed by atoms with Crippen LogP contribution in [0, 0.1) is 5.92 Å². The van der Waals surface area contributed by atoms with Crippen LogP contribution in [0.5, 0.6) is 11.5 Å². The van der Waals surface area contributed by atoms with E-state index in [9.17, 15) is 10.2 Å². The summed E-state index contributed by atoms with van der Waals surface area (Å²) in [5.74, 6) is 0.502. The summed E-state index contributed by atoms with van der Waals surface area (Å²) in [4.78, 5) is 0. The normalized spacial score (nSPS) is 11.2. The highest BCUT2D eigenvalue weighted by Gasteiger charge is 2.22. The van der Waals surface area contributed by atoms with E-state index in [0.29, 0.717) is 12.8 Å². The lowest BCUT2D eigenvalue weighted by molar-refractivity contribution is 0.136. The molecule has 0 atom stereocenters. The Kier molecular flexibility index (Phi) is 9.13. The fraction of sp³-hybridized carbons (Fsp3) is 0.429. The number of phenols is 2. The Labute approximate surface area is 155 Å². The lowest BCUT2D eigenvalue weighted by Gasteiger charge is -2.26. The van der Waals surface area contributed by atoms with Crippen LogP contribution in [-0.2, 0) is 5.41 Å². The van der Waals surface area contributed by atoms with Crippen molar-refractivity contribution >= 4 is 0 Å². The van der Waals surface area contributed by atoms with E-state index in [0.717, 1.165) is 11.1 Å². The smallest absolute Gasteiger partial charge is 0.115 e. The van der Waals surface area contributed by atoms with Gasteiger partial charge in [-0.25, -0.2) is 0 Å². The summed E-state index contributed by atoms with van der Waals surface area (Å²) in [6.07, 6.45) is 1.36. The standard InChI is InChI=1S/C15H16O2.C6H14O3/c1-15(2,11-3-7-13(16)8-4-11)12-5-9-14(17)10-6-12;7-3-1-2-6(4-8)5-9/h3-10,16-17H,1-2H3;6-9H,1-5H2. The van der Waals surface area contributed by atoms with Crippen molar-refractivity contribution in [2.75, 3.05) is 19.8 Å². The molecule has 26 heavy (non-hydrogen) atoms. The van der Waals surface area contributed by atoms with E-state index in [1.807, 2.05) is 24.3 Å².